The lowest BCUT2D eigenvalue weighted by molar-refractivity contribution is 0.147. The summed E-state index contributed by atoms with van der Waals surface area (Å²) in [6.07, 6.45) is 0. The van der Waals surface area contributed by atoms with Crippen LogP contribution in [-0.4, -0.2) is 42.9 Å². The number of hydrogen-bond donors (Lipinski definition) is 2. The standard InChI is InChI=1S/C12H16BrFN2O/c13-11-2-1-9(17)7-10(11)12(8-14)16-5-3-15-4-6-16/h1-2,7,12,15,17H,3-6,8H2/t12-/m0/s1. The van der Waals surface area contributed by atoms with Crippen LogP contribution >= 0.6 is 15.9 Å². The average molecular weight is 303 g/mol. The van der Waals surface area contributed by atoms with Crippen LogP contribution in [0.15, 0.2) is 22.7 Å². The summed E-state index contributed by atoms with van der Waals surface area (Å²) >= 11 is 3.42. The van der Waals surface area contributed by atoms with E-state index in [0.717, 1.165) is 36.2 Å². The molecule has 3 nitrogen and oxygen atoms in total. The van der Waals surface area contributed by atoms with Gasteiger partial charge >= 0.3 is 0 Å². The molecule has 0 aliphatic carbocycles. The van der Waals surface area contributed by atoms with Crippen LogP contribution in [-0.2, 0) is 0 Å². The van der Waals surface area contributed by atoms with Crippen molar-refractivity contribution in [1.82, 2.24) is 10.2 Å². The van der Waals surface area contributed by atoms with Crippen LogP contribution in [0, 0.1) is 0 Å². The number of nitrogens with one attached hydrogen (secondary N) is 1. The molecule has 0 amide bonds. The molecule has 1 atom stereocenters. The lowest BCUT2D eigenvalue weighted by atomic mass is 10.1. The van der Waals surface area contributed by atoms with Crippen LogP contribution in [0.25, 0.3) is 0 Å². The maximum absolute atomic E-state index is 13.3. The van der Waals surface area contributed by atoms with Crippen molar-refractivity contribution in [3.05, 3.63) is 28.2 Å². The summed E-state index contributed by atoms with van der Waals surface area (Å²) < 4.78 is 14.1. The van der Waals surface area contributed by atoms with E-state index in [-0.39, 0.29) is 11.8 Å². The fourth-order valence-corrected chi connectivity index (χ4v) is 2.67. The highest BCUT2D eigenvalue weighted by molar-refractivity contribution is 9.10. The van der Waals surface area contributed by atoms with Crippen LogP contribution in [0.3, 0.4) is 0 Å². The summed E-state index contributed by atoms with van der Waals surface area (Å²) in [7, 11) is 0. The van der Waals surface area contributed by atoms with Crippen molar-refractivity contribution in [2.45, 2.75) is 6.04 Å². The summed E-state index contributed by atoms with van der Waals surface area (Å²) in [5.74, 6) is 0.178. The number of piperazine rings is 1. The number of halogens is 2. The molecule has 1 aromatic carbocycles. The number of nitrogens with zero attached hydrogens (tertiary/aromatic N) is 1. The largest absolute Gasteiger partial charge is 0.508 e. The Morgan fingerprint density at radius 1 is 1.41 bits per heavy atom. The zero-order chi connectivity index (χ0) is 12.3. The number of aromatic hydroxyl groups is 1. The van der Waals surface area contributed by atoms with Gasteiger partial charge in [-0.2, -0.15) is 0 Å². The minimum absolute atomic E-state index is 0.178. The zero-order valence-electron chi connectivity index (χ0n) is 9.50. The van der Waals surface area contributed by atoms with Gasteiger partial charge < -0.3 is 10.4 Å². The first kappa shape index (κ1) is 12.8. The van der Waals surface area contributed by atoms with Gasteiger partial charge in [0, 0.05) is 30.7 Å². The molecule has 1 aromatic rings. The molecule has 5 heteroatoms. The predicted octanol–water partition coefficient (Wildman–Crippen LogP) is 2.07. The van der Waals surface area contributed by atoms with E-state index in [1.165, 1.54) is 0 Å². The van der Waals surface area contributed by atoms with E-state index in [2.05, 4.69) is 26.1 Å². The second-order valence-electron chi connectivity index (χ2n) is 4.16. The van der Waals surface area contributed by atoms with Gasteiger partial charge in [-0.05, 0) is 23.8 Å². The quantitative estimate of drug-likeness (QED) is 0.897. The van der Waals surface area contributed by atoms with Crippen LogP contribution in [0.4, 0.5) is 4.39 Å². The number of rotatable bonds is 3. The minimum Gasteiger partial charge on any atom is -0.508 e. The number of hydrogen-bond acceptors (Lipinski definition) is 3. The van der Waals surface area contributed by atoms with Crippen molar-refractivity contribution >= 4 is 15.9 Å². The number of benzene rings is 1. The fourth-order valence-electron chi connectivity index (χ4n) is 2.16. The molecule has 0 bridgehead atoms. The van der Waals surface area contributed by atoms with Crippen molar-refractivity contribution in [3.8, 4) is 5.75 Å². The van der Waals surface area contributed by atoms with Gasteiger partial charge in [0.25, 0.3) is 0 Å². The average Bonchev–Trinajstić information content (AvgIpc) is 2.36. The van der Waals surface area contributed by atoms with Crippen LogP contribution < -0.4 is 5.32 Å². The number of alkyl halides is 1. The molecular formula is C12H16BrFN2O. The van der Waals surface area contributed by atoms with E-state index in [4.69, 9.17) is 0 Å². The Bertz CT molecular complexity index is 383. The highest BCUT2D eigenvalue weighted by Gasteiger charge is 2.24. The topological polar surface area (TPSA) is 35.5 Å². The number of phenols is 1. The van der Waals surface area contributed by atoms with Crippen LogP contribution in [0.1, 0.15) is 11.6 Å². The van der Waals surface area contributed by atoms with E-state index >= 15 is 0 Å². The van der Waals surface area contributed by atoms with Crippen molar-refractivity contribution in [2.75, 3.05) is 32.9 Å². The molecule has 0 unspecified atom stereocenters. The summed E-state index contributed by atoms with van der Waals surface area (Å²) in [5.41, 5.74) is 0.814. The molecule has 0 aromatic heterocycles. The van der Waals surface area contributed by atoms with Gasteiger partial charge in [0.05, 0.1) is 6.04 Å². The zero-order valence-corrected chi connectivity index (χ0v) is 11.1. The Morgan fingerprint density at radius 2 is 2.12 bits per heavy atom. The first-order chi connectivity index (χ1) is 8.22. The van der Waals surface area contributed by atoms with Crippen molar-refractivity contribution < 1.29 is 9.50 Å². The lowest BCUT2D eigenvalue weighted by Crippen LogP contribution is -2.45. The van der Waals surface area contributed by atoms with Gasteiger partial charge in [0.2, 0.25) is 0 Å². The van der Waals surface area contributed by atoms with Gasteiger partial charge in [-0.25, -0.2) is 4.39 Å². The first-order valence-corrected chi connectivity index (χ1v) is 6.51. The van der Waals surface area contributed by atoms with Gasteiger partial charge in [-0.3, -0.25) is 4.90 Å². The van der Waals surface area contributed by atoms with E-state index in [0.29, 0.717) is 0 Å². The van der Waals surface area contributed by atoms with Gasteiger partial charge in [-0.15, -0.1) is 0 Å². The molecule has 0 saturated carbocycles. The Morgan fingerprint density at radius 3 is 2.76 bits per heavy atom. The molecule has 0 radical (unpaired) electrons. The third kappa shape index (κ3) is 2.97. The second-order valence-corrected chi connectivity index (χ2v) is 5.02. The molecule has 0 spiro atoms. The summed E-state index contributed by atoms with van der Waals surface area (Å²) in [6.45, 7) is 2.98. The molecule has 1 heterocycles. The van der Waals surface area contributed by atoms with Crippen molar-refractivity contribution in [3.63, 3.8) is 0 Å². The molecule has 1 aliphatic rings. The maximum Gasteiger partial charge on any atom is 0.115 e. The maximum atomic E-state index is 13.3. The third-order valence-corrected chi connectivity index (χ3v) is 3.80. The van der Waals surface area contributed by atoms with Crippen molar-refractivity contribution in [1.29, 1.82) is 0 Å². The molecule has 1 saturated heterocycles. The predicted molar refractivity (Wildman–Crippen MR) is 69.0 cm³/mol. The van der Waals surface area contributed by atoms with Gasteiger partial charge in [0.15, 0.2) is 0 Å². The smallest absolute Gasteiger partial charge is 0.115 e. The van der Waals surface area contributed by atoms with E-state index < -0.39 is 6.67 Å². The Hall–Kier alpha value is -0.650. The summed E-state index contributed by atoms with van der Waals surface area (Å²) in [6, 6.07) is 4.71. The molecule has 1 aliphatic heterocycles. The molecule has 2 rings (SSSR count). The molecule has 2 N–H and O–H groups in total. The lowest BCUT2D eigenvalue weighted by Gasteiger charge is -2.34. The molecule has 17 heavy (non-hydrogen) atoms. The van der Waals surface area contributed by atoms with Crippen LogP contribution in [0.5, 0.6) is 5.75 Å². The molecule has 94 valence electrons. The van der Waals surface area contributed by atoms with E-state index in [1.807, 2.05) is 0 Å². The molecular weight excluding hydrogens is 287 g/mol. The van der Waals surface area contributed by atoms with Gasteiger partial charge in [0.1, 0.15) is 12.4 Å². The van der Waals surface area contributed by atoms with Gasteiger partial charge in [-0.1, -0.05) is 15.9 Å². The van der Waals surface area contributed by atoms with Crippen LogP contribution in [0.2, 0.25) is 0 Å². The highest BCUT2D eigenvalue weighted by Crippen LogP contribution is 2.31. The Balaban J connectivity index is 2.24. The Labute approximate surface area is 109 Å². The number of phenolic OH excluding ortho intramolecular Hbond substituents is 1. The monoisotopic (exact) mass is 302 g/mol. The summed E-state index contributed by atoms with van der Waals surface area (Å²) in [5, 5.41) is 12.8. The van der Waals surface area contributed by atoms with E-state index in [9.17, 15) is 9.50 Å². The minimum atomic E-state index is -0.442. The normalized spacial score (nSPS) is 19.2. The fraction of sp³-hybridized carbons (Fsp3) is 0.500. The van der Waals surface area contributed by atoms with E-state index in [1.54, 1.807) is 18.2 Å². The second kappa shape index (κ2) is 5.80. The molecule has 1 fully saturated rings. The highest BCUT2D eigenvalue weighted by atomic mass is 79.9. The third-order valence-electron chi connectivity index (χ3n) is 3.08. The SMILES string of the molecule is Oc1ccc(Br)c([C@H](CF)N2CCNCC2)c1. The first-order valence-electron chi connectivity index (χ1n) is 5.71. The summed E-state index contributed by atoms with van der Waals surface area (Å²) in [4.78, 5) is 2.11. The van der Waals surface area contributed by atoms with Crippen molar-refractivity contribution in [2.24, 2.45) is 0 Å². The Kier molecular flexibility index (Phi) is 4.36.